The minimum atomic E-state index is -4.42. The second-order valence-electron chi connectivity index (χ2n) is 5.72. The van der Waals surface area contributed by atoms with Crippen LogP contribution in [0.15, 0.2) is 0 Å². The molecule has 2 aliphatic heterocycles. The number of amides is 2. The highest BCUT2D eigenvalue weighted by Gasteiger charge is 2.41. The van der Waals surface area contributed by atoms with E-state index in [4.69, 9.17) is 0 Å². The number of carbonyl (C=O) groups excluding carboxylic acids is 2. The van der Waals surface area contributed by atoms with E-state index in [-0.39, 0.29) is 37.3 Å². The molecule has 0 aromatic carbocycles. The maximum Gasteiger partial charge on any atom is 0.406 e. The summed E-state index contributed by atoms with van der Waals surface area (Å²) in [4.78, 5) is 26.3. The third-order valence-electron chi connectivity index (χ3n) is 4.14. The molecule has 2 heterocycles. The van der Waals surface area contributed by atoms with Crippen molar-refractivity contribution in [2.45, 2.75) is 31.5 Å². The summed E-state index contributed by atoms with van der Waals surface area (Å²) in [6, 6.07) is 0.102. The molecule has 2 saturated heterocycles. The maximum atomic E-state index is 12.4. The fourth-order valence-electron chi connectivity index (χ4n) is 2.97. The topological polar surface area (TPSA) is 52.7 Å². The lowest BCUT2D eigenvalue weighted by Crippen LogP contribution is -2.46. The lowest BCUT2D eigenvalue weighted by atomic mass is 10.0. The van der Waals surface area contributed by atoms with Gasteiger partial charge in [-0.15, -0.1) is 12.4 Å². The summed E-state index contributed by atoms with van der Waals surface area (Å²) in [5.74, 6) is -1.47. The smallest absolute Gasteiger partial charge is 0.342 e. The minimum Gasteiger partial charge on any atom is -0.342 e. The average Bonchev–Trinajstić information content (AvgIpc) is 2.77. The van der Waals surface area contributed by atoms with Gasteiger partial charge in [-0.3, -0.25) is 9.59 Å². The van der Waals surface area contributed by atoms with Crippen LogP contribution in [-0.2, 0) is 9.59 Å². The number of nitrogens with one attached hydrogen (secondary N) is 1. The Balaban J connectivity index is 0.00000242. The van der Waals surface area contributed by atoms with Crippen molar-refractivity contribution in [1.82, 2.24) is 15.1 Å². The molecule has 2 amide bonds. The summed E-state index contributed by atoms with van der Waals surface area (Å²) in [6.07, 6.45) is -2.89. The molecule has 128 valence electrons. The van der Waals surface area contributed by atoms with E-state index >= 15 is 0 Å². The number of carbonyl (C=O) groups is 2. The Morgan fingerprint density at radius 1 is 1.36 bits per heavy atom. The van der Waals surface area contributed by atoms with Crippen LogP contribution in [0.4, 0.5) is 13.2 Å². The molecule has 1 N–H and O–H groups in total. The molecule has 2 rings (SSSR count). The highest BCUT2D eigenvalue weighted by Crippen LogP contribution is 2.26. The van der Waals surface area contributed by atoms with Crippen molar-refractivity contribution < 1.29 is 22.8 Å². The van der Waals surface area contributed by atoms with E-state index in [1.54, 1.807) is 11.9 Å². The molecule has 2 fully saturated rings. The van der Waals surface area contributed by atoms with Crippen LogP contribution >= 0.6 is 12.4 Å². The van der Waals surface area contributed by atoms with Gasteiger partial charge in [0.15, 0.2) is 0 Å². The standard InChI is InChI=1S/C13H20F3N3O2.ClH/c1-18(10-2-4-17-5-3-10)12(21)9-6-11(20)19(7-9)8-13(14,15)16;/h9-10,17H,2-8H2,1H3;1H. The van der Waals surface area contributed by atoms with Gasteiger partial charge in [0.05, 0.1) is 5.92 Å². The van der Waals surface area contributed by atoms with Crippen molar-refractivity contribution in [2.75, 3.05) is 33.2 Å². The largest absolute Gasteiger partial charge is 0.406 e. The zero-order chi connectivity index (χ0) is 15.6. The molecular formula is C13H21ClF3N3O2. The van der Waals surface area contributed by atoms with Crippen LogP contribution in [0.2, 0.25) is 0 Å². The average molecular weight is 344 g/mol. The Morgan fingerprint density at radius 2 is 1.95 bits per heavy atom. The van der Waals surface area contributed by atoms with Crippen LogP contribution in [0.25, 0.3) is 0 Å². The van der Waals surface area contributed by atoms with E-state index < -0.39 is 24.5 Å². The lowest BCUT2D eigenvalue weighted by Gasteiger charge is -2.33. The van der Waals surface area contributed by atoms with E-state index in [2.05, 4.69) is 5.32 Å². The van der Waals surface area contributed by atoms with Crippen LogP contribution in [0.3, 0.4) is 0 Å². The SMILES string of the molecule is CN(C(=O)C1CC(=O)N(CC(F)(F)F)C1)C1CCNCC1.Cl. The van der Waals surface area contributed by atoms with E-state index in [0.717, 1.165) is 30.8 Å². The maximum absolute atomic E-state index is 12.4. The molecule has 2 aliphatic rings. The van der Waals surface area contributed by atoms with Gasteiger partial charge in [-0.2, -0.15) is 13.2 Å². The monoisotopic (exact) mass is 343 g/mol. The summed E-state index contributed by atoms with van der Waals surface area (Å²) in [7, 11) is 1.68. The van der Waals surface area contributed by atoms with Gasteiger partial charge in [-0.05, 0) is 25.9 Å². The fourth-order valence-corrected chi connectivity index (χ4v) is 2.97. The quantitative estimate of drug-likeness (QED) is 0.832. The number of rotatable bonds is 3. The molecule has 0 bridgehead atoms. The molecule has 0 aliphatic carbocycles. The first-order chi connectivity index (χ1) is 9.78. The molecule has 1 atom stereocenters. The van der Waals surface area contributed by atoms with Gasteiger partial charge in [0.1, 0.15) is 6.54 Å². The van der Waals surface area contributed by atoms with Gasteiger partial charge in [0.2, 0.25) is 11.8 Å². The first-order valence-electron chi connectivity index (χ1n) is 7.10. The lowest BCUT2D eigenvalue weighted by molar-refractivity contribution is -0.157. The Hall–Kier alpha value is -1.02. The van der Waals surface area contributed by atoms with Crippen molar-refractivity contribution in [2.24, 2.45) is 5.92 Å². The van der Waals surface area contributed by atoms with E-state index in [1.807, 2.05) is 0 Å². The van der Waals surface area contributed by atoms with Gasteiger partial charge >= 0.3 is 6.18 Å². The molecule has 22 heavy (non-hydrogen) atoms. The molecule has 5 nitrogen and oxygen atoms in total. The summed E-state index contributed by atoms with van der Waals surface area (Å²) < 4.78 is 37.1. The van der Waals surface area contributed by atoms with E-state index in [9.17, 15) is 22.8 Å². The van der Waals surface area contributed by atoms with Gasteiger partial charge in [-0.25, -0.2) is 0 Å². The first-order valence-corrected chi connectivity index (χ1v) is 7.10. The van der Waals surface area contributed by atoms with Crippen LogP contribution in [0.1, 0.15) is 19.3 Å². The normalized spacial score (nSPS) is 23.4. The van der Waals surface area contributed by atoms with E-state index in [1.165, 1.54) is 0 Å². The van der Waals surface area contributed by atoms with Crippen LogP contribution in [-0.4, -0.2) is 67.1 Å². The van der Waals surface area contributed by atoms with Crippen LogP contribution in [0.5, 0.6) is 0 Å². The number of halogens is 4. The van der Waals surface area contributed by atoms with Gasteiger partial charge in [0.25, 0.3) is 0 Å². The minimum absolute atomic E-state index is 0. The predicted octanol–water partition coefficient (Wildman–Crippen LogP) is 1.03. The molecule has 0 spiro atoms. The molecular weight excluding hydrogens is 323 g/mol. The summed E-state index contributed by atoms with van der Waals surface area (Å²) in [6.45, 7) is 0.247. The molecule has 1 unspecified atom stereocenters. The number of hydrogen-bond acceptors (Lipinski definition) is 3. The summed E-state index contributed by atoms with van der Waals surface area (Å²) in [5, 5.41) is 3.19. The second kappa shape index (κ2) is 7.50. The number of likely N-dealkylation sites (tertiary alicyclic amines) is 1. The molecule has 0 aromatic heterocycles. The van der Waals surface area contributed by atoms with Crippen LogP contribution < -0.4 is 5.32 Å². The number of nitrogens with zero attached hydrogens (tertiary/aromatic N) is 2. The number of hydrogen-bond donors (Lipinski definition) is 1. The van der Waals surface area contributed by atoms with Gasteiger partial charge < -0.3 is 15.1 Å². The zero-order valence-electron chi connectivity index (χ0n) is 12.4. The van der Waals surface area contributed by atoms with E-state index in [0.29, 0.717) is 0 Å². The third kappa shape index (κ3) is 4.74. The Morgan fingerprint density at radius 3 is 2.50 bits per heavy atom. The molecule has 0 radical (unpaired) electrons. The summed E-state index contributed by atoms with van der Waals surface area (Å²) >= 11 is 0. The summed E-state index contributed by atoms with van der Waals surface area (Å²) in [5.41, 5.74) is 0. The molecule has 9 heteroatoms. The third-order valence-corrected chi connectivity index (χ3v) is 4.14. The van der Waals surface area contributed by atoms with Crippen molar-refractivity contribution in [3.05, 3.63) is 0 Å². The van der Waals surface area contributed by atoms with Gasteiger partial charge in [0, 0.05) is 26.1 Å². The number of alkyl halides is 3. The Kier molecular flexibility index (Phi) is 6.49. The predicted molar refractivity (Wildman–Crippen MR) is 76.7 cm³/mol. The van der Waals surface area contributed by atoms with Gasteiger partial charge in [-0.1, -0.05) is 0 Å². The Labute approximate surface area is 133 Å². The molecule has 0 aromatic rings. The number of piperidine rings is 1. The van der Waals surface area contributed by atoms with Crippen molar-refractivity contribution in [1.29, 1.82) is 0 Å². The van der Waals surface area contributed by atoms with Crippen molar-refractivity contribution in [3.63, 3.8) is 0 Å². The first kappa shape index (κ1) is 19.0. The Bertz CT molecular complexity index is 414. The van der Waals surface area contributed by atoms with Crippen LogP contribution in [0, 0.1) is 5.92 Å². The van der Waals surface area contributed by atoms with Crippen molar-refractivity contribution >= 4 is 24.2 Å². The highest BCUT2D eigenvalue weighted by molar-refractivity contribution is 5.89. The van der Waals surface area contributed by atoms with Crippen molar-refractivity contribution in [3.8, 4) is 0 Å². The molecule has 0 saturated carbocycles. The second-order valence-corrected chi connectivity index (χ2v) is 5.72. The highest BCUT2D eigenvalue weighted by atomic mass is 35.5. The fraction of sp³-hybridized carbons (Fsp3) is 0.846. The zero-order valence-corrected chi connectivity index (χ0v) is 13.2.